The molecule has 0 saturated carbocycles. The molecule has 23 heavy (non-hydrogen) atoms. The summed E-state index contributed by atoms with van der Waals surface area (Å²) >= 11 is 5.31. The van der Waals surface area contributed by atoms with Gasteiger partial charge >= 0.3 is 0 Å². The highest BCUT2D eigenvalue weighted by molar-refractivity contribution is 9.10. The van der Waals surface area contributed by atoms with Crippen LogP contribution in [0.15, 0.2) is 58.0 Å². The molecule has 1 aliphatic rings. The maximum Gasteiger partial charge on any atom is 0.179 e. The van der Waals surface area contributed by atoms with Crippen molar-refractivity contribution in [3.63, 3.8) is 0 Å². The fourth-order valence-corrected chi connectivity index (χ4v) is 3.95. The Balaban J connectivity index is 1.57. The van der Waals surface area contributed by atoms with E-state index in [1.165, 1.54) is 5.56 Å². The van der Waals surface area contributed by atoms with Crippen LogP contribution in [-0.2, 0) is 0 Å². The highest BCUT2D eigenvalue weighted by Gasteiger charge is 2.21. The van der Waals surface area contributed by atoms with Crippen LogP contribution in [0.1, 0.15) is 17.2 Å². The number of tetrazole rings is 1. The minimum atomic E-state index is 0.191. The molecule has 0 bridgehead atoms. The smallest absolute Gasteiger partial charge is 0.179 e. The molecular weight excluding hydrogens is 374 g/mol. The number of aromatic nitrogens is 4. The predicted octanol–water partition coefficient (Wildman–Crippen LogP) is 3.86. The van der Waals surface area contributed by atoms with Crippen molar-refractivity contribution in [1.29, 1.82) is 0 Å². The van der Waals surface area contributed by atoms with Crippen LogP contribution >= 0.6 is 27.7 Å². The fourth-order valence-electron chi connectivity index (χ4n) is 2.47. The molecule has 3 aromatic rings. The zero-order valence-electron chi connectivity index (χ0n) is 12.0. The summed E-state index contributed by atoms with van der Waals surface area (Å²) in [5.41, 5.74) is 3.34. The lowest BCUT2D eigenvalue weighted by Gasteiger charge is -2.06. The van der Waals surface area contributed by atoms with Crippen molar-refractivity contribution in [1.82, 2.24) is 20.6 Å². The monoisotopic (exact) mass is 385 g/mol. The Morgan fingerprint density at radius 2 is 1.96 bits per heavy atom. The average molecular weight is 386 g/mol. The molecule has 7 heteroatoms. The molecule has 1 aliphatic heterocycles. The van der Waals surface area contributed by atoms with Crippen molar-refractivity contribution in [2.24, 2.45) is 4.99 Å². The lowest BCUT2D eigenvalue weighted by Crippen LogP contribution is -1.94. The van der Waals surface area contributed by atoms with Crippen molar-refractivity contribution in [2.75, 3.05) is 5.75 Å². The molecule has 0 amide bonds. The van der Waals surface area contributed by atoms with E-state index >= 15 is 0 Å². The minimum absolute atomic E-state index is 0.191. The molecule has 1 aromatic heterocycles. The molecule has 4 rings (SSSR count). The molecule has 0 spiro atoms. The number of hydrogen-bond acceptors (Lipinski definition) is 5. The van der Waals surface area contributed by atoms with Gasteiger partial charge in [-0.3, -0.25) is 4.99 Å². The molecule has 0 aliphatic carbocycles. The van der Waals surface area contributed by atoms with Gasteiger partial charge in [0.15, 0.2) is 5.82 Å². The molecule has 2 heterocycles. The zero-order chi connectivity index (χ0) is 15.6. The number of benzene rings is 2. The Hall–Kier alpha value is -1.99. The molecule has 0 fully saturated rings. The van der Waals surface area contributed by atoms with Crippen LogP contribution in [0.5, 0.6) is 0 Å². The van der Waals surface area contributed by atoms with Gasteiger partial charge in [0.25, 0.3) is 0 Å². The molecule has 0 radical (unpaired) electrons. The predicted molar refractivity (Wildman–Crippen MR) is 95.5 cm³/mol. The second-order valence-corrected chi connectivity index (χ2v) is 7.07. The summed E-state index contributed by atoms with van der Waals surface area (Å²) in [5.74, 6) is 1.64. The van der Waals surface area contributed by atoms with E-state index in [4.69, 9.17) is 4.99 Å². The third-order valence-electron chi connectivity index (χ3n) is 3.64. The first-order chi connectivity index (χ1) is 11.3. The highest BCUT2D eigenvalue weighted by Crippen LogP contribution is 2.34. The van der Waals surface area contributed by atoms with E-state index in [1.54, 1.807) is 11.8 Å². The Labute approximate surface area is 145 Å². The van der Waals surface area contributed by atoms with E-state index in [0.717, 1.165) is 26.4 Å². The summed E-state index contributed by atoms with van der Waals surface area (Å²) in [7, 11) is 0. The van der Waals surface area contributed by atoms with E-state index in [0.29, 0.717) is 5.82 Å². The molecular formula is C16H12BrN5S. The van der Waals surface area contributed by atoms with Crippen LogP contribution in [0, 0.1) is 0 Å². The Bertz CT molecular complexity index is 845. The summed E-state index contributed by atoms with van der Waals surface area (Å²) in [6, 6.07) is 16.7. The van der Waals surface area contributed by atoms with Crippen molar-refractivity contribution >= 4 is 32.7 Å². The Morgan fingerprint density at radius 3 is 2.70 bits per heavy atom. The van der Waals surface area contributed by atoms with Crippen LogP contribution < -0.4 is 0 Å². The lowest BCUT2D eigenvalue weighted by atomic mass is 10.1. The SMILES string of the molecule is Brc1cccc(C2=NC(c3ccc(-c4nnn[nH]4)cc3)CS2)c1. The summed E-state index contributed by atoms with van der Waals surface area (Å²) in [6.07, 6.45) is 0. The third-order valence-corrected chi connectivity index (χ3v) is 5.23. The van der Waals surface area contributed by atoms with Gasteiger partial charge in [0.05, 0.1) is 11.1 Å². The fraction of sp³-hybridized carbons (Fsp3) is 0.125. The van der Waals surface area contributed by atoms with Gasteiger partial charge < -0.3 is 0 Å². The Kier molecular flexibility index (Phi) is 3.97. The number of aromatic amines is 1. The van der Waals surface area contributed by atoms with Gasteiger partial charge in [0, 0.05) is 21.4 Å². The first kappa shape index (κ1) is 14.6. The average Bonchev–Trinajstić information content (AvgIpc) is 3.27. The maximum atomic E-state index is 4.87. The standard InChI is InChI=1S/C16H12BrN5S/c17-13-3-1-2-12(8-13)16-18-14(9-23-16)10-4-6-11(7-5-10)15-19-21-22-20-15/h1-8,14H,9H2,(H,19,20,21,22). The van der Waals surface area contributed by atoms with Gasteiger partial charge in [-0.05, 0) is 28.1 Å². The first-order valence-corrected chi connectivity index (χ1v) is 8.88. The number of H-pyrrole nitrogens is 1. The molecule has 1 unspecified atom stereocenters. The number of thioether (sulfide) groups is 1. The molecule has 114 valence electrons. The quantitative estimate of drug-likeness (QED) is 0.742. The second-order valence-electron chi connectivity index (χ2n) is 5.14. The van der Waals surface area contributed by atoms with Crippen LogP contribution in [-0.4, -0.2) is 31.4 Å². The van der Waals surface area contributed by atoms with Gasteiger partial charge in [0.2, 0.25) is 0 Å². The number of nitrogens with one attached hydrogen (secondary N) is 1. The summed E-state index contributed by atoms with van der Waals surface area (Å²) in [6.45, 7) is 0. The molecule has 5 nitrogen and oxygen atoms in total. The van der Waals surface area contributed by atoms with Crippen molar-refractivity contribution in [2.45, 2.75) is 6.04 Å². The lowest BCUT2D eigenvalue weighted by molar-refractivity contribution is 0.850. The zero-order valence-corrected chi connectivity index (χ0v) is 14.4. The van der Waals surface area contributed by atoms with Crippen LogP contribution in [0.25, 0.3) is 11.4 Å². The maximum absolute atomic E-state index is 4.87. The number of nitrogens with zero attached hydrogens (tertiary/aromatic N) is 4. The van der Waals surface area contributed by atoms with Crippen molar-refractivity contribution < 1.29 is 0 Å². The van der Waals surface area contributed by atoms with Gasteiger partial charge in [-0.15, -0.1) is 16.9 Å². The minimum Gasteiger partial charge on any atom is -0.269 e. The number of aliphatic imine (C=N–C) groups is 1. The normalized spacial score (nSPS) is 17.3. The van der Waals surface area contributed by atoms with Gasteiger partial charge in [-0.1, -0.05) is 52.3 Å². The molecule has 1 atom stereocenters. The highest BCUT2D eigenvalue weighted by atomic mass is 79.9. The number of halogens is 1. The third kappa shape index (κ3) is 3.07. The van der Waals surface area contributed by atoms with Crippen molar-refractivity contribution in [3.05, 3.63) is 64.1 Å². The van der Waals surface area contributed by atoms with Gasteiger partial charge in [0.1, 0.15) is 0 Å². The Morgan fingerprint density at radius 1 is 1.09 bits per heavy atom. The van der Waals surface area contributed by atoms with Crippen LogP contribution in [0.2, 0.25) is 0 Å². The summed E-state index contributed by atoms with van der Waals surface area (Å²) in [4.78, 5) is 4.87. The van der Waals surface area contributed by atoms with E-state index in [-0.39, 0.29) is 6.04 Å². The van der Waals surface area contributed by atoms with Gasteiger partial charge in [-0.2, -0.15) is 0 Å². The van der Waals surface area contributed by atoms with Crippen LogP contribution in [0.3, 0.4) is 0 Å². The molecule has 1 N–H and O–H groups in total. The van der Waals surface area contributed by atoms with Crippen LogP contribution in [0.4, 0.5) is 0 Å². The van der Waals surface area contributed by atoms with Gasteiger partial charge in [-0.25, -0.2) is 5.10 Å². The number of rotatable bonds is 3. The largest absolute Gasteiger partial charge is 0.269 e. The van der Waals surface area contributed by atoms with E-state index < -0.39 is 0 Å². The van der Waals surface area contributed by atoms with Crippen molar-refractivity contribution in [3.8, 4) is 11.4 Å². The van der Waals surface area contributed by atoms with E-state index in [2.05, 4.69) is 60.8 Å². The van der Waals surface area contributed by atoms with E-state index in [1.807, 2.05) is 24.3 Å². The molecule has 2 aromatic carbocycles. The summed E-state index contributed by atoms with van der Waals surface area (Å²) < 4.78 is 1.08. The van der Waals surface area contributed by atoms with E-state index in [9.17, 15) is 0 Å². The topological polar surface area (TPSA) is 66.8 Å². The molecule has 0 saturated heterocycles. The summed E-state index contributed by atoms with van der Waals surface area (Å²) in [5, 5.41) is 15.0. The first-order valence-electron chi connectivity index (χ1n) is 7.10. The number of hydrogen-bond donors (Lipinski definition) is 1. The second kappa shape index (κ2) is 6.25.